The number of β-amino-alcohol motifs (C(OH)–C–C–N with tert-alkyl or cyclic N) is 1. The largest absolute Gasteiger partial charge is 0.465 e. The number of carbonyl (C=O) groups excluding carboxylic acids is 1. The minimum absolute atomic E-state index is 0.0801. The molecular weight excluding hydrogens is 229 g/mol. The molecule has 0 bridgehead atoms. The molecule has 94 valence electrons. The van der Waals surface area contributed by atoms with Crippen LogP contribution in [0.1, 0.15) is 28.3 Å². The zero-order valence-corrected chi connectivity index (χ0v) is 10.4. The van der Waals surface area contributed by atoms with E-state index >= 15 is 0 Å². The van der Waals surface area contributed by atoms with Crippen LogP contribution in [-0.4, -0.2) is 50.2 Å². The first-order valence-corrected chi connectivity index (χ1v) is 5.98. The fourth-order valence-electron chi connectivity index (χ4n) is 2.33. The Hall–Kier alpha value is -1.33. The van der Waals surface area contributed by atoms with Gasteiger partial charge in [-0.2, -0.15) is 0 Å². The molecule has 1 saturated heterocycles. The molecule has 1 fully saturated rings. The molecule has 2 rings (SSSR count). The highest BCUT2D eigenvalue weighted by Crippen LogP contribution is 2.28. The summed E-state index contributed by atoms with van der Waals surface area (Å²) in [6.07, 6.45) is 0.350. The van der Waals surface area contributed by atoms with Crippen LogP contribution in [-0.2, 0) is 4.74 Å². The molecule has 2 radical (unpaired) electrons. The molecule has 1 aliphatic rings. The van der Waals surface area contributed by atoms with Gasteiger partial charge in [-0.1, -0.05) is 12.1 Å². The van der Waals surface area contributed by atoms with Crippen LogP contribution in [0.15, 0.2) is 24.3 Å². The maximum Gasteiger partial charge on any atom is 0.337 e. The molecule has 1 aromatic rings. The first-order valence-electron chi connectivity index (χ1n) is 5.98. The zero-order chi connectivity index (χ0) is 13.1. The second-order valence-electron chi connectivity index (χ2n) is 4.57. The van der Waals surface area contributed by atoms with Crippen LogP contribution in [0.3, 0.4) is 0 Å². The van der Waals surface area contributed by atoms with Crippen molar-refractivity contribution in [2.45, 2.75) is 18.4 Å². The molecule has 2 unspecified atom stereocenters. The number of piperidine rings is 1. The van der Waals surface area contributed by atoms with Gasteiger partial charge in [0, 0.05) is 12.5 Å². The van der Waals surface area contributed by atoms with Crippen molar-refractivity contribution in [2.75, 3.05) is 20.2 Å². The lowest BCUT2D eigenvalue weighted by molar-refractivity contribution is 0.0600. The van der Waals surface area contributed by atoms with Gasteiger partial charge in [0.2, 0.25) is 0 Å². The van der Waals surface area contributed by atoms with Crippen LogP contribution in [0, 0.1) is 0 Å². The maximum atomic E-state index is 11.3. The van der Waals surface area contributed by atoms with E-state index in [0.717, 1.165) is 18.5 Å². The molecule has 0 spiro atoms. The SMILES string of the molecule is [B]N1CCC(c2ccc(C(=O)OC)cc2)C(O)C1. The quantitative estimate of drug-likeness (QED) is 0.615. The van der Waals surface area contributed by atoms with Gasteiger partial charge in [-0.3, -0.25) is 0 Å². The van der Waals surface area contributed by atoms with Crippen LogP contribution in [0.2, 0.25) is 0 Å². The van der Waals surface area contributed by atoms with Crippen LogP contribution >= 0.6 is 0 Å². The minimum Gasteiger partial charge on any atom is -0.465 e. The first kappa shape index (κ1) is 13.1. The number of carbonyl (C=O) groups is 1. The number of ether oxygens (including phenoxy) is 1. The third kappa shape index (κ3) is 2.74. The van der Waals surface area contributed by atoms with Gasteiger partial charge in [-0.05, 0) is 30.7 Å². The number of benzene rings is 1. The molecular formula is C13H16BNO3. The van der Waals surface area contributed by atoms with Crippen molar-refractivity contribution in [1.29, 1.82) is 0 Å². The molecule has 4 nitrogen and oxygen atoms in total. The fraction of sp³-hybridized carbons (Fsp3) is 0.462. The molecule has 1 N–H and O–H groups in total. The standard InChI is InChI=1S/C13H16BNO3/c1-18-13(17)10-4-2-9(3-5-10)11-6-7-15(14)8-12(11)16/h2-5,11-12,16H,6-8H2,1H3. The van der Waals surface area contributed by atoms with E-state index in [1.165, 1.54) is 7.11 Å². The Labute approximate surface area is 108 Å². The van der Waals surface area contributed by atoms with Gasteiger partial charge in [0.05, 0.1) is 18.8 Å². The summed E-state index contributed by atoms with van der Waals surface area (Å²) >= 11 is 0. The van der Waals surface area contributed by atoms with Gasteiger partial charge in [-0.15, -0.1) is 0 Å². The lowest BCUT2D eigenvalue weighted by atomic mass is 9.86. The molecule has 0 saturated carbocycles. The predicted octanol–water partition coefficient (Wildman–Crippen LogP) is 0.707. The highest BCUT2D eigenvalue weighted by atomic mass is 16.5. The van der Waals surface area contributed by atoms with E-state index < -0.39 is 6.10 Å². The highest BCUT2D eigenvalue weighted by molar-refractivity contribution is 6.04. The number of hydrogen-bond acceptors (Lipinski definition) is 4. The van der Waals surface area contributed by atoms with Crippen LogP contribution in [0.5, 0.6) is 0 Å². The Balaban J connectivity index is 2.12. The average Bonchev–Trinajstić information content (AvgIpc) is 2.38. The van der Waals surface area contributed by atoms with Crippen molar-refractivity contribution in [3.8, 4) is 0 Å². The topological polar surface area (TPSA) is 49.8 Å². The van der Waals surface area contributed by atoms with Gasteiger partial charge >= 0.3 is 5.97 Å². The third-order valence-corrected chi connectivity index (χ3v) is 3.37. The second kappa shape index (κ2) is 5.54. The Morgan fingerprint density at radius 1 is 1.44 bits per heavy atom. The number of aliphatic hydroxyl groups is 1. The highest BCUT2D eigenvalue weighted by Gasteiger charge is 2.26. The summed E-state index contributed by atoms with van der Waals surface area (Å²) in [4.78, 5) is 12.9. The predicted molar refractivity (Wildman–Crippen MR) is 68.5 cm³/mol. The number of rotatable bonds is 2. The molecule has 0 amide bonds. The van der Waals surface area contributed by atoms with E-state index in [0.29, 0.717) is 12.1 Å². The Morgan fingerprint density at radius 2 is 2.11 bits per heavy atom. The summed E-state index contributed by atoms with van der Waals surface area (Å²) in [6, 6.07) is 7.18. The third-order valence-electron chi connectivity index (χ3n) is 3.37. The number of aliphatic hydroxyl groups excluding tert-OH is 1. The van der Waals surface area contributed by atoms with Gasteiger partial charge in [0.15, 0.2) is 7.98 Å². The van der Waals surface area contributed by atoms with Gasteiger partial charge in [0.1, 0.15) is 0 Å². The summed E-state index contributed by atoms with van der Waals surface area (Å²) < 4.78 is 4.65. The molecule has 2 atom stereocenters. The smallest absolute Gasteiger partial charge is 0.337 e. The normalized spacial score (nSPS) is 24.8. The molecule has 1 heterocycles. The summed E-state index contributed by atoms with van der Waals surface area (Å²) in [5, 5.41) is 10.0. The number of nitrogens with zero attached hydrogens (tertiary/aromatic N) is 1. The van der Waals surface area contributed by atoms with Crippen molar-refractivity contribution in [2.24, 2.45) is 0 Å². The molecule has 1 aromatic carbocycles. The van der Waals surface area contributed by atoms with Crippen molar-refractivity contribution >= 4 is 14.0 Å². The lowest BCUT2D eigenvalue weighted by Crippen LogP contribution is -2.41. The van der Waals surface area contributed by atoms with Crippen molar-refractivity contribution in [3.63, 3.8) is 0 Å². The lowest BCUT2D eigenvalue weighted by Gasteiger charge is -2.34. The van der Waals surface area contributed by atoms with Gasteiger partial charge in [0.25, 0.3) is 0 Å². The van der Waals surface area contributed by atoms with Crippen molar-refractivity contribution in [3.05, 3.63) is 35.4 Å². The zero-order valence-electron chi connectivity index (χ0n) is 10.4. The summed E-state index contributed by atoms with van der Waals surface area (Å²) in [5.41, 5.74) is 1.55. The Morgan fingerprint density at radius 3 is 2.67 bits per heavy atom. The Bertz CT molecular complexity index is 421. The van der Waals surface area contributed by atoms with Gasteiger partial charge < -0.3 is 14.7 Å². The Kier molecular flexibility index (Phi) is 4.04. The van der Waals surface area contributed by atoms with Crippen molar-refractivity contribution in [1.82, 2.24) is 4.81 Å². The van der Waals surface area contributed by atoms with E-state index in [9.17, 15) is 9.90 Å². The number of esters is 1. The minimum atomic E-state index is -0.465. The average molecular weight is 245 g/mol. The summed E-state index contributed by atoms with van der Waals surface area (Å²) in [6.45, 7) is 1.24. The van der Waals surface area contributed by atoms with E-state index in [1.54, 1.807) is 16.9 Å². The summed E-state index contributed by atoms with van der Waals surface area (Å²) in [5.74, 6) is -0.268. The van der Waals surface area contributed by atoms with E-state index in [-0.39, 0.29) is 11.9 Å². The van der Waals surface area contributed by atoms with Crippen LogP contribution < -0.4 is 0 Å². The number of methoxy groups -OCH3 is 1. The molecule has 0 aromatic heterocycles. The van der Waals surface area contributed by atoms with Crippen LogP contribution in [0.4, 0.5) is 0 Å². The molecule has 18 heavy (non-hydrogen) atoms. The monoisotopic (exact) mass is 245 g/mol. The molecule has 1 aliphatic heterocycles. The molecule has 0 aliphatic carbocycles. The molecule has 5 heteroatoms. The van der Waals surface area contributed by atoms with E-state index in [4.69, 9.17) is 7.98 Å². The summed E-state index contributed by atoms with van der Waals surface area (Å²) in [7, 11) is 7.02. The van der Waals surface area contributed by atoms with E-state index in [2.05, 4.69) is 4.74 Å². The van der Waals surface area contributed by atoms with Gasteiger partial charge in [-0.25, -0.2) is 4.79 Å². The first-order chi connectivity index (χ1) is 8.61. The number of hydrogen-bond donors (Lipinski definition) is 1. The van der Waals surface area contributed by atoms with Crippen molar-refractivity contribution < 1.29 is 14.6 Å². The van der Waals surface area contributed by atoms with Crippen LogP contribution in [0.25, 0.3) is 0 Å². The second-order valence-corrected chi connectivity index (χ2v) is 4.57. The fourth-order valence-corrected chi connectivity index (χ4v) is 2.33. The maximum absolute atomic E-state index is 11.3. The van der Waals surface area contributed by atoms with E-state index in [1.807, 2.05) is 12.1 Å².